The first-order valence-electron chi connectivity index (χ1n) is 5.35. The number of carbonyl (C=O) groups excluding carboxylic acids is 2. The van der Waals surface area contributed by atoms with Crippen molar-refractivity contribution in [2.75, 3.05) is 13.1 Å². The molecule has 0 bridgehead atoms. The fraction of sp³-hybridized carbons (Fsp3) is 0.636. The Morgan fingerprint density at radius 2 is 2.00 bits per heavy atom. The molecule has 0 heterocycles. The van der Waals surface area contributed by atoms with Crippen molar-refractivity contribution in [2.24, 2.45) is 0 Å². The Balaban J connectivity index is 3.72. The molecule has 16 heavy (non-hydrogen) atoms. The molecule has 2 amide bonds. The van der Waals surface area contributed by atoms with E-state index in [1.165, 1.54) is 0 Å². The van der Waals surface area contributed by atoms with E-state index >= 15 is 0 Å². The Hall–Kier alpha value is -1.52. The summed E-state index contributed by atoms with van der Waals surface area (Å²) in [5.41, 5.74) is 0.349. The molecule has 2 N–H and O–H groups in total. The molecule has 5 nitrogen and oxygen atoms in total. The molecule has 0 saturated carbocycles. The van der Waals surface area contributed by atoms with Crippen LogP contribution in [0.3, 0.4) is 0 Å². The highest BCUT2D eigenvalue weighted by Gasteiger charge is 2.10. The summed E-state index contributed by atoms with van der Waals surface area (Å²) < 4.78 is 4.99. The molecule has 0 aliphatic rings. The van der Waals surface area contributed by atoms with Crippen LogP contribution in [0.25, 0.3) is 0 Å². The van der Waals surface area contributed by atoms with Crippen LogP contribution in [0.4, 0.5) is 4.79 Å². The lowest BCUT2D eigenvalue weighted by Crippen LogP contribution is -2.40. The van der Waals surface area contributed by atoms with Crippen LogP contribution in [0.2, 0.25) is 0 Å². The lowest BCUT2D eigenvalue weighted by atomic mass is 10.3. The average Bonchev–Trinajstić information content (AvgIpc) is 2.23. The van der Waals surface area contributed by atoms with Gasteiger partial charge in [-0.1, -0.05) is 13.5 Å². The standard InChI is InChI=1S/C11H20N2O3/c1-5-6-12-11(15)13-7-9(4)16-10(14)8(2)3/h9H,2,5-7H2,1,3-4H3,(H2,12,13,15). The van der Waals surface area contributed by atoms with E-state index in [1.54, 1.807) is 13.8 Å². The van der Waals surface area contributed by atoms with Crippen molar-refractivity contribution < 1.29 is 14.3 Å². The van der Waals surface area contributed by atoms with Crippen molar-refractivity contribution in [3.63, 3.8) is 0 Å². The monoisotopic (exact) mass is 228 g/mol. The quantitative estimate of drug-likeness (QED) is 0.530. The molecule has 0 aromatic rings. The normalized spacial score (nSPS) is 11.4. The van der Waals surface area contributed by atoms with Crippen LogP contribution >= 0.6 is 0 Å². The van der Waals surface area contributed by atoms with Gasteiger partial charge < -0.3 is 15.4 Å². The van der Waals surface area contributed by atoms with Crippen molar-refractivity contribution in [1.82, 2.24) is 10.6 Å². The fourth-order valence-corrected chi connectivity index (χ4v) is 0.862. The SMILES string of the molecule is C=C(C)C(=O)OC(C)CNC(=O)NCCC. The van der Waals surface area contributed by atoms with Crippen molar-refractivity contribution >= 4 is 12.0 Å². The van der Waals surface area contributed by atoms with E-state index < -0.39 is 5.97 Å². The Morgan fingerprint density at radius 3 is 2.50 bits per heavy atom. The number of hydrogen-bond acceptors (Lipinski definition) is 3. The Kier molecular flexibility index (Phi) is 7.00. The minimum atomic E-state index is -0.441. The van der Waals surface area contributed by atoms with Crippen LogP contribution in [0.5, 0.6) is 0 Å². The highest BCUT2D eigenvalue weighted by molar-refractivity contribution is 5.87. The van der Waals surface area contributed by atoms with Gasteiger partial charge in [0, 0.05) is 12.1 Å². The van der Waals surface area contributed by atoms with E-state index in [4.69, 9.17) is 4.74 Å². The second-order valence-electron chi connectivity index (χ2n) is 3.63. The van der Waals surface area contributed by atoms with E-state index in [2.05, 4.69) is 17.2 Å². The Labute approximate surface area is 96.2 Å². The van der Waals surface area contributed by atoms with Crippen LogP contribution < -0.4 is 10.6 Å². The van der Waals surface area contributed by atoms with Crippen LogP contribution in [0.1, 0.15) is 27.2 Å². The summed E-state index contributed by atoms with van der Waals surface area (Å²) in [4.78, 5) is 22.3. The summed E-state index contributed by atoms with van der Waals surface area (Å²) in [5.74, 6) is -0.441. The Bertz CT molecular complexity index is 264. The largest absolute Gasteiger partial charge is 0.457 e. The molecule has 0 radical (unpaired) electrons. The third-order valence-electron chi connectivity index (χ3n) is 1.74. The first-order valence-corrected chi connectivity index (χ1v) is 5.35. The minimum Gasteiger partial charge on any atom is -0.457 e. The maximum atomic E-state index is 11.1. The molecule has 92 valence electrons. The van der Waals surface area contributed by atoms with Crippen molar-refractivity contribution in [3.05, 3.63) is 12.2 Å². The van der Waals surface area contributed by atoms with Crippen molar-refractivity contribution in [2.45, 2.75) is 33.3 Å². The number of amides is 2. The lowest BCUT2D eigenvalue weighted by molar-refractivity contribution is -0.143. The molecule has 0 saturated heterocycles. The van der Waals surface area contributed by atoms with Gasteiger partial charge in [0.05, 0.1) is 6.54 Å². The molecule has 0 aliphatic heterocycles. The van der Waals surface area contributed by atoms with Crippen LogP contribution in [0.15, 0.2) is 12.2 Å². The van der Waals surface area contributed by atoms with Crippen molar-refractivity contribution in [1.29, 1.82) is 0 Å². The summed E-state index contributed by atoms with van der Waals surface area (Å²) in [6, 6.07) is -0.250. The lowest BCUT2D eigenvalue weighted by Gasteiger charge is -2.14. The third kappa shape index (κ3) is 6.86. The van der Waals surface area contributed by atoms with Gasteiger partial charge in [-0.2, -0.15) is 0 Å². The fourth-order valence-electron chi connectivity index (χ4n) is 0.862. The molecule has 0 aromatic heterocycles. The van der Waals surface area contributed by atoms with Gasteiger partial charge in [-0.05, 0) is 20.3 Å². The van der Waals surface area contributed by atoms with E-state index in [0.717, 1.165) is 6.42 Å². The zero-order valence-corrected chi connectivity index (χ0v) is 10.1. The molecule has 1 atom stereocenters. The predicted octanol–water partition coefficient (Wildman–Crippen LogP) is 1.20. The second kappa shape index (κ2) is 7.73. The molecule has 5 heteroatoms. The molecule has 0 spiro atoms. The van der Waals surface area contributed by atoms with Gasteiger partial charge in [0.1, 0.15) is 6.10 Å². The maximum absolute atomic E-state index is 11.1. The molecule has 1 unspecified atom stereocenters. The van der Waals surface area contributed by atoms with E-state index in [-0.39, 0.29) is 18.7 Å². The highest BCUT2D eigenvalue weighted by atomic mass is 16.5. The number of esters is 1. The predicted molar refractivity (Wildman–Crippen MR) is 62.1 cm³/mol. The first-order chi connectivity index (χ1) is 7.47. The second-order valence-corrected chi connectivity index (χ2v) is 3.63. The molecule has 0 aliphatic carbocycles. The van der Waals surface area contributed by atoms with Crippen molar-refractivity contribution in [3.8, 4) is 0 Å². The molecule has 0 aromatic carbocycles. The summed E-state index contributed by atoms with van der Waals surface area (Å²) in [6.07, 6.45) is 0.518. The zero-order chi connectivity index (χ0) is 12.6. The summed E-state index contributed by atoms with van der Waals surface area (Å²) >= 11 is 0. The van der Waals surface area contributed by atoms with E-state index in [0.29, 0.717) is 12.1 Å². The number of rotatable bonds is 6. The molecule has 0 fully saturated rings. The molecular weight excluding hydrogens is 208 g/mol. The van der Waals surface area contributed by atoms with Gasteiger partial charge in [0.15, 0.2) is 0 Å². The van der Waals surface area contributed by atoms with Gasteiger partial charge in [-0.15, -0.1) is 0 Å². The number of carbonyl (C=O) groups is 2. The van der Waals surface area contributed by atoms with Crippen LogP contribution in [-0.4, -0.2) is 31.2 Å². The number of nitrogens with one attached hydrogen (secondary N) is 2. The van der Waals surface area contributed by atoms with Crippen LogP contribution in [-0.2, 0) is 9.53 Å². The van der Waals surface area contributed by atoms with E-state index in [1.807, 2.05) is 6.92 Å². The topological polar surface area (TPSA) is 67.4 Å². The van der Waals surface area contributed by atoms with Gasteiger partial charge in [0.2, 0.25) is 0 Å². The maximum Gasteiger partial charge on any atom is 0.333 e. The van der Waals surface area contributed by atoms with Gasteiger partial charge >= 0.3 is 12.0 Å². The zero-order valence-electron chi connectivity index (χ0n) is 10.1. The summed E-state index contributed by atoms with van der Waals surface area (Å²) in [7, 11) is 0. The number of urea groups is 1. The van der Waals surface area contributed by atoms with Gasteiger partial charge in [-0.3, -0.25) is 0 Å². The third-order valence-corrected chi connectivity index (χ3v) is 1.74. The van der Waals surface area contributed by atoms with E-state index in [9.17, 15) is 9.59 Å². The Morgan fingerprint density at radius 1 is 1.38 bits per heavy atom. The summed E-state index contributed by atoms with van der Waals surface area (Å²) in [5, 5.41) is 5.26. The molecular formula is C11H20N2O3. The van der Waals surface area contributed by atoms with Crippen LogP contribution in [0, 0.1) is 0 Å². The first kappa shape index (κ1) is 14.5. The molecule has 0 rings (SSSR count). The van der Waals surface area contributed by atoms with Gasteiger partial charge in [0.25, 0.3) is 0 Å². The minimum absolute atomic E-state index is 0.250. The highest BCUT2D eigenvalue weighted by Crippen LogP contribution is 1.96. The van der Waals surface area contributed by atoms with Gasteiger partial charge in [-0.25, -0.2) is 9.59 Å². The number of hydrogen-bond donors (Lipinski definition) is 2. The average molecular weight is 228 g/mol. The number of ether oxygens (including phenoxy) is 1. The summed E-state index contributed by atoms with van der Waals surface area (Å²) in [6.45, 7) is 9.65. The smallest absolute Gasteiger partial charge is 0.333 e.